The number of hydrogen-bond donors (Lipinski definition) is 1. The molecular formula is C37H46N2O6. The number of benzene rings is 2. The lowest BCUT2D eigenvalue weighted by atomic mass is 9.50. The molecule has 0 radical (unpaired) electrons. The third-order valence-corrected chi connectivity index (χ3v) is 11.3. The van der Waals surface area contributed by atoms with Gasteiger partial charge in [-0.1, -0.05) is 30.3 Å². The fraction of sp³-hybridized carbons (Fsp3) is 0.595. The minimum atomic E-state index is -0.452. The minimum absolute atomic E-state index is 0.0242. The Morgan fingerprint density at radius 2 is 1.84 bits per heavy atom. The van der Waals surface area contributed by atoms with Crippen LogP contribution in [0.5, 0.6) is 17.2 Å². The van der Waals surface area contributed by atoms with Crippen LogP contribution in [0, 0.1) is 11.8 Å². The average molecular weight is 615 g/mol. The summed E-state index contributed by atoms with van der Waals surface area (Å²) in [5.41, 5.74) is 2.32. The van der Waals surface area contributed by atoms with E-state index in [9.17, 15) is 19.5 Å². The molecule has 5 aliphatic rings. The van der Waals surface area contributed by atoms with Crippen molar-refractivity contribution in [3.05, 3.63) is 53.1 Å². The van der Waals surface area contributed by atoms with Crippen LogP contribution in [0.1, 0.15) is 100 Å². The number of ketones is 1. The van der Waals surface area contributed by atoms with Crippen LogP contribution in [0.2, 0.25) is 0 Å². The molecular weight excluding hydrogens is 568 g/mol. The van der Waals surface area contributed by atoms with Crippen molar-refractivity contribution in [3.8, 4) is 17.2 Å². The molecule has 8 heteroatoms. The van der Waals surface area contributed by atoms with E-state index in [1.807, 2.05) is 35.2 Å². The summed E-state index contributed by atoms with van der Waals surface area (Å²) in [5.74, 6) is 1.93. The number of likely N-dealkylation sites (tertiary alicyclic amines) is 1. The largest absolute Gasteiger partial charge is 0.508 e. The first-order valence-electron chi connectivity index (χ1n) is 17.1. The zero-order chi connectivity index (χ0) is 31.5. The molecule has 0 unspecified atom stereocenters. The van der Waals surface area contributed by atoms with E-state index in [0.29, 0.717) is 49.0 Å². The number of carbonyl (C=O) groups excluding carboxylic acids is 3. The zero-order valence-electron chi connectivity index (χ0n) is 26.8. The van der Waals surface area contributed by atoms with Crippen LogP contribution in [0.3, 0.4) is 0 Å². The second-order valence-electron chi connectivity index (χ2n) is 14.4. The number of esters is 1. The van der Waals surface area contributed by atoms with Crippen molar-refractivity contribution in [1.29, 1.82) is 0 Å². The number of phenols is 1. The molecule has 240 valence electrons. The lowest BCUT2D eigenvalue weighted by Gasteiger charge is -2.61. The van der Waals surface area contributed by atoms with E-state index in [1.165, 1.54) is 19.8 Å². The van der Waals surface area contributed by atoms with E-state index in [1.54, 1.807) is 6.07 Å². The molecule has 2 aromatic rings. The summed E-state index contributed by atoms with van der Waals surface area (Å²) in [4.78, 5) is 43.5. The topological polar surface area (TPSA) is 96.4 Å². The highest BCUT2D eigenvalue weighted by Gasteiger charge is 2.67. The van der Waals surface area contributed by atoms with Crippen LogP contribution in [-0.2, 0) is 21.4 Å². The van der Waals surface area contributed by atoms with Gasteiger partial charge in [-0.15, -0.1) is 0 Å². The lowest BCUT2D eigenvalue weighted by molar-refractivity contribution is -0.146. The summed E-state index contributed by atoms with van der Waals surface area (Å²) >= 11 is 0. The lowest BCUT2D eigenvalue weighted by Crippen LogP contribution is -2.69. The summed E-state index contributed by atoms with van der Waals surface area (Å²) in [5, 5.41) is 11.3. The van der Waals surface area contributed by atoms with E-state index in [0.717, 1.165) is 55.8 Å². The zero-order valence-corrected chi connectivity index (χ0v) is 26.8. The van der Waals surface area contributed by atoms with E-state index < -0.39 is 5.97 Å². The maximum Gasteiger partial charge on any atom is 0.308 e. The molecule has 3 fully saturated rings. The number of carbonyl (C=O) groups is 3. The Morgan fingerprint density at radius 3 is 2.56 bits per heavy atom. The molecule has 2 bridgehead atoms. The monoisotopic (exact) mass is 614 g/mol. The molecule has 2 aliphatic heterocycles. The first-order chi connectivity index (χ1) is 21.7. The Balaban J connectivity index is 1.16. The van der Waals surface area contributed by atoms with E-state index in [2.05, 4.69) is 18.7 Å². The smallest absolute Gasteiger partial charge is 0.308 e. The van der Waals surface area contributed by atoms with E-state index in [4.69, 9.17) is 9.47 Å². The first-order valence-corrected chi connectivity index (χ1v) is 17.1. The Kier molecular flexibility index (Phi) is 7.91. The summed E-state index contributed by atoms with van der Waals surface area (Å²) in [6.45, 7) is 7.60. The number of Topliss-reactive ketones (excluding diaryl/α,β-unsaturated/α-hetero) is 1. The van der Waals surface area contributed by atoms with Gasteiger partial charge in [0.1, 0.15) is 11.9 Å². The summed E-state index contributed by atoms with van der Waals surface area (Å²) in [6.07, 6.45) is 7.95. The van der Waals surface area contributed by atoms with Crippen molar-refractivity contribution in [2.45, 2.75) is 115 Å². The second-order valence-corrected chi connectivity index (χ2v) is 14.4. The Hall–Kier alpha value is -3.39. The van der Waals surface area contributed by atoms with Gasteiger partial charge in [-0.2, -0.15) is 0 Å². The predicted octanol–water partition coefficient (Wildman–Crippen LogP) is 5.82. The molecule has 2 aromatic carbocycles. The van der Waals surface area contributed by atoms with Crippen LogP contribution < -0.4 is 9.47 Å². The van der Waals surface area contributed by atoms with E-state index in [-0.39, 0.29) is 46.8 Å². The molecule has 2 saturated carbocycles. The quantitative estimate of drug-likeness (QED) is 0.148. The van der Waals surface area contributed by atoms with E-state index >= 15 is 0 Å². The van der Waals surface area contributed by atoms with Crippen molar-refractivity contribution in [1.82, 2.24) is 9.80 Å². The van der Waals surface area contributed by atoms with Crippen LogP contribution >= 0.6 is 0 Å². The molecule has 8 nitrogen and oxygen atoms in total. The standard InChI is InChI=1S/C37H46N2O6/c1-22(2)39(33(43)12-8-7-11-30(41)25-9-5-4-6-10-25)28-16-15-27-29-19-26-31(42)20-32(44-23(3)40)35-34(26)37(27,36(28)45-35)17-18-38(29)21-24-13-14-24/h4-6,9-10,20,22,24,27-29,36,42H,7-8,11-19,21H2,1-3H3/t27-,28+,29+,36-,37-/m0/s1. The highest BCUT2D eigenvalue weighted by atomic mass is 16.6. The third-order valence-electron chi connectivity index (χ3n) is 11.3. The number of nitrogens with zero attached hydrogens (tertiary/aromatic N) is 2. The summed E-state index contributed by atoms with van der Waals surface area (Å²) in [6, 6.07) is 11.1. The van der Waals surface area contributed by atoms with Gasteiger partial charge in [-0.05, 0) is 83.6 Å². The Labute approximate surface area is 266 Å². The Bertz CT molecular complexity index is 1490. The van der Waals surface area contributed by atoms with Crippen molar-refractivity contribution in [2.24, 2.45) is 11.8 Å². The van der Waals surface area contributed by atoms with Gasteiger partial charge in [0.2, 0.25) is 5.91 Å². The van der Waals surface area contributed by atoms with Crippen LogP contribution in [0.4, 0.5) is 0 Å². The van der Waals surface area contributed by atoms with Gasteiger partial charge < -0.3 is 19.5 Å². The van der Waals surface area contributed by atoms with Gasteiger partial charge >= 0.3 is 5.97 Å². The average Bonchev–Trinajstić information content (AvgIpc) is 3.76. The van der Waals surface area contributed by atoms with Gasteiger partial charge in [0.25, 0.3) is 0 Å². The van der Waals surface area contributed by atoms with Gasteiger partial charge in [-0.25, -0.2) is 0 Å². The number of hydrogen-bond acceptors (Lipinski definition) is 7. The van der Waals surface area contributed by atoms with Crippen molar-refractivity contribution in [2.75, 3.05) is 13.1 Å². The molecule has 0 aromatic heterocycles. The number of unbranched alkanes of at least 4 members (excludes halogenated alkanes) is 1. The van der Waals surface area contributed by atoms with Gasteiger partial charge in [-0.3, -0.25) is 19.3 Å². The fourth-order valence-electron chi connectivity index (χ4n) is 9.34. The SMILES string of the molecule is CC(=O)Oc1cc(O)c2c3c1O[C@H]1[C@H](N(C(=O)CCCCC(=O)c4ccccc4)C(C)C)CC[C@H]4[C@@H](C2)N(CC2CC2)CC[C@@]341. The normalized spacial score (nSPS) is 27.9. The van der Waals surface area contributed by atoms with Crippen LogP contribution in [-0.4, -0.2) is 69.9 Å². The number of piperidine rings is 1. The van der Waals surface area contributed by atoms with Crippen molar-refractivity contribution >= 4 is 17.7 Å². The molecule has 2 heterocycles. The molecule has 1 saturated heterocycles. The highest BCUT2D eigenvalue weighted by molar-refractivity contribution is 5.96. The molecule has 1 N–H and O–H groups in total. The molecule has 5 atom stereocenters. The predicted molar refractivity (Wildman–Crippen MR) is 170 cm³/mol. The molecule has 1 amide bonds. The number of amides is 1. The fourth-order valence-corrected chi connectivity index (χ4v) is 9.34. The number of phenolic OH excluding ortho intramolecular Hbond substituents is 1. The second kappa shape index (κ2) is 11.8. The number of aromatic hydroxyl groups is 1. The highest BCUT2D eigenvalue weighted by Crippen LogP contribution is 2.66. The first kappa shape index (κ1) is 30.3. The van der Waals surface area contributed by atoms with Gasteiger partial charge in [0.05, 0.1) is 6.04 Å². The van der Waals surface area contributed by atoms with Gasteiger partial charge in [0, 0.05) is 66.6 Å². The number of ether oxygens (including phenoxy) is 2. The van der Waals surface area contributed by atoms with Crippen LogP contribution in [0.25, 0.3) is 0 Å². The van der Waals surface area contributed by atoms with Crippen molar-refractivity contribution in [3.63, 3.8) is 0 Å². The van der Waals surface area contributed by atoms with Crippen molar-refractivity contribution < 1.29 is 29.0 Å². The van der Waals surface area contributed by atoms with Gasteiger partial charge in [0.15, 0.2) is 17.3 Å². The maximum absolute atomic E-state index is 14.0. The Morgan fingerprint density at radius 1 is 1.09 bits per heavy atom. The number of rotatable bonds is 11. The summed E-state index contributed by atoms with van der Waals surface area (Å²) < 4.78 is 12.6. The molecule has 3 aliphatic carbocycles. The summed E-state index contributed by atoms with van der Waals surface area (Å²) in [7, 11) is 0. The van der Waals surface area contributed by atoms with Crippen LogP contribution in [0.15, 0.2) is 36.4 Å². The molecule has 7 rings (SSSR count). The minimum Gasteiger partial charge on any atom is -0.508 e. The maximum atomic E-state index is 14.0. The molecule has 1 spiro atoms. The molecule has 45 heavy (non-hydrogen) atoms. The third kappa shape index (κ3) is 5.23.